The first-order valence-corrected chi connectivity index (χ1v) is 3.25. The zero-order valence-electron chi connectivity index (χ0n) is 6.48. The Morgan fingerprint density at radius 3 is 2.10 bits per heavy atom. The number of ether oxygens (including phenoxy) is 1. The van der Waals surface area contributed by atoms with Gasteiger partial charge in [-0.15, -0.1) is 0 Å². The second kappa shape index (κ2) is 6.62. The molecule has 0 unspecified atom stereocenters. The Morgan fingerprint density at radius 2 is 1.80 bits per heavy atom. The van der Waals surface area contributed by atoms with Gasteiger partial charge >= 0.3 is 29.6 Å². The minimum atomic E-state index is 0. The van der Waals surface area contributed by atoms with Gasteiger partial charge in [0.05, 0.1) is 19.8 Å². The molecule has 0 atom stereocenters. The molecule has 0 radical (unpaired) electrons. The molecule has 0 saturated carbocycles. The maximum absolute atomic E-state index is 8.34. The number of aliphatic hydroxyl groups is 1. The van der Waals surface area contributed by atoms with E-state index in [-0.39, 0.29) is 41.6 Å². The van der Waals surface area contributed by atoms with Gasteiger partial charge in [-0.05, 0) is 5.41 Å². The van der Waals surface area contributed by atoms with Crippen molar-refractivity contribution >= 4 is 29.6 Å². The number of hydrogen-bond acceptors (Lipinski definition) is 2. The van der Waals surface area contributed by atoms with Crippen molar-refractivity contribution in [2.24, 2.45) is 5.41 Å². The third-order valence-corrected chi connectivity index (χ3v) is 0.771. The van der Waals surface area contributed by atoms with Crippen molar-refractivity contribution < 1.29 is 9.84 Å². The first-order valence-electron chi connectivity index (χ1n) is 3.25. The molecule has 0 saturated heterocycles. The van der Waals surface area contributed by atoms with Gasteiger partial charge < -0.3 is 9.84 Å². The summed E-state index contributed by atoms with van der Waals surface area (Å²) in [7, 11) is 0. The van der Waals surface area contributed by atoms with Crippen LogP contribution in [0.2, 0.25) is 0 Å². The van der Waals surface area contributed by atoms with Crippen LogP contribution in [0.15, 0.2) is 0 Å². The fourth-order valence-electron chi connectivity index (χ4n) is 0.443. The van der Waals surface area contributed by atoms with Gasteiger partial charge in [0.25, 0.3) is 0 Å². The van der Waals surface area contributed by atoms with Gasteiger partial charge in [-0.25, -0.2) is 0 Å². The molecule has 2 nitrogen and oxygen atoms in total. The maximum atomic E-state index is 8.34. The summed E-state index contributed by atoms with van der Waals surface area (Å²) in [6.45, 7) is 7.60. The summed E-state index contributed by atoms with van der Waals surface area (Å²) in [5.74, 6) is 0. The molecule has 0 amide bonds. The van der Waals surface area contributed by atoms with E-state index >= 15 is 0 Å². The molecule has 0 aromatic carbocycles. The monoisotopic (exact) mass is 156 g/mol. The molecule has 3 heteroatoms. The molecule has 0 aromatic rings. The zero-order valence-corrected chi connectivity index (χ0v) is 6.48. The third-order valence-electron chi connectivity index (χ3n) is 0.771. The van der Waals surface area contributed by atoms with Crippen LogP contribution >= 0.6 is 0 Å². The molecule has 58 valence electrons. The van der Waals surface area contributed by atoms with E-state index in [2.05, 4.69) is 20.8 Å². The van der Waals surface area contributed by atoms with Gasteiger partial charge in [-0.3, -0.25) is 0 Å². The molecule has 0 aliphatic carbocycles. The Kier molecular flexibility index (Phi) is 8.94. The molecule has 0 bridgehead atoms. The summed E-state index contributed by atoms with van der Waals surface area (Å²) in [4.78, 5) is 0. The van der Waals surface area contributed by atoms with E-state index in [1.54, 1.807) is 0 Å². The van der Waals surface area contributed by atoms with Crippen LogP contribution in [0.25, 0.3) is 0 Å². The van der Waals surface area contributed by atoms with Crippen molar-refractivity contribution in [3.05, 3.63) is 0 Å². The normalized spacial score (nSPS) is 10.8. The van der Waals surface area contributed by atoms with Crippen LogP contribution in [0.4, 0.5) is 0 Å². The summed E-state index contributed by atoms with van der Waals surface area (Å²) in [5.41, 5.74) is 0.217. The fraction of sp³-hybridized carbons (Fsp3) is 1.00. The van der Waals surface area contributed by atoms with Crippen molar-refractivity contribution in [3.63, 3.8) is 0 Å². The Balaban J connectivity index is 0. The average Bonchev–Trinajstić information content (AvgIpc) is 1.63. The van der Waals surface area contributed by atoms with Gasteiger partial charge in [0.1, 0.15) is 0 Å². The van der Waals surface area contributed by atoms with E-state index in [0.29, 0.717) is 13.2 Å². The van der Waals surface area contributed by atoms with E-state index < -0.39 is 0 Å². The summed E-state index contributed by atoms with van der Waals surface area (Å²) >= 11 is 0. The second-order valence-electron chi connectivity index (χ2n) is 3.34. The third kappa shape index (κ3) is 11.7. The average molecular weight is 156 g/mol. The molecule has 0 fully saturated rings. The van der Waals surface area contributed by atoms with Crippen molar-refractivity contribution in [2.75, 3.05) is 19.8 Å². The molecule has 0 heterocycles. The molecule has 10 heavy (non-hydrogen) atoms. The van der Waals surface area contributed by atoms with Gasteiger partial charge in [-0.2, -0.15) is 0 Å². The van der Waals surface area contributed by atoms with Crippen LogP contribution < -0.4 is 0 Å². The second-order valence-corrected chi connectivity index (χ2v) is 3.34. The molecule has 0 aliphatic rings. The Hall–Kier alpha value is 0.920. The number of aliphatic hydroxyl groups excluding tert-OH is 1. The molecule has 1 N–H and O–H groups in total. The molecular weight excluding hydrogens is 139 g/mol. The van der Waals surface area contributed by atoms with Crippen LogP contribution in [0.5, 0.6) is 0 Å². The number of hydrogen-bond donors (Lipinski definition) is 1. The molecule has 0 aliphatic heterocycles. The Bertz CT molecular complexity index is 68.5. The van der Waals surface area contributed by atoms with E-state index in [1.165, 1.54) is 0 Å². The van der Waals surface area contributed by atoms with Crippen LogP contribution in [-0.4, -0.2) is 54.5 Å². The molecular formula is C7H17NaO2. The van der Waals surface area contributed by atoms with Gasteiger partial charge in [0.15, 0.2) is 0 Å². The van der Waals surface area contributed by atoms with Crippen LogP contribution in [0.1, 0.15) is 20.8 Å². The van der Waals surface area contributed by atoms with Crippen LogP contribution in [0, 0.1) is 5.41 Å². The topological polar surface area (TPSA) is 29.5 Å². The standard InChI is InChI=1S/C7H16O2.Na.H/c1-7(2,3)6-9-5-4-8;;/h8H,4-6H2,1-3H3;;. The molecule has 0 rings (SSSR count). The summed E-state index contributed by atoms with van der Waals surface area (Å²) in [6, 6.07) is 0. The van der Waals surface area contributed by atoms with Gasteiger partial charge in [0.2, 0.25) is 0 Å². The van der Waals surface area contributed by atoms with Crippen LogP contribution in [0.3, 0.4) is 0 Å². The van der Waals surface area contributed by atoms with E-state index in [9.17, 15) is 0 Å². The fourth-order valence-corrected chi connectivity index (χ4v) is 0.443. The van der Waals surface area contributed by atoms with E-state index in [4.69, 9.17) is 9.84 Å². The SMILES string of the molecule is CC(C)(C)COCCO.[NaH]. The van der Waals surface area contributed by atoms with Gasteiger partial charge in [-0.1, -0.05) is 20.8 Å². The summed E-state index contributed by atoms with van der Waals surface area (Å²) in [6.07, 6.45) is 0. The molecule has 0 spiro atoms. The van der Waals surface area contributed by atoms with E-state index in [0.717, 1.165) is 0 Å². The van der Waals surface area contributed by atoms with E-state index in [1.807, 2.05) is 0 Å². The van der Waals surface area contributed by atoms with Crippen molar-refractivity contribution in [3.8, 4) is 0 Å². The van der Waals surface area contributed by atoms with Crippen LogP contribution in [-0.2, 0) is 4.74 Å². The van der Waals surface area contributed by atoms with Crippen molar-refractivity contribution in [1.29, 1.82) is 0 Å². The minimum absolute atomic E-state index is 0. The summed E-state index contributed by atoms with van der Waals surface area (Å²) in [5, 5.41) is 8.34. The Morgan fingerprint density at radius 1 is 1.30 bits per heavy atom. The quantitative estimate of drug-likeness (QED) is 0.473. The number of rotatable bonds is 3. The van der Waals surface area contributed by atoms with Gasteiger partial charge in [0, 0.05) is 0 Å². The predicted molar refractivity (Wildman–Crippen MR) is 44.5 cm³/mol. The van der Waals surface area contributed by atoms with Crippen molar-refractivity contribution in [1.82, 2.24) is 0 Å². The first-order chi connectivity index (χ1) is 4.06. The summed E-state index contributed by atoms with van der Waals surface area (Å²) < 4.78 is 5.10. The first kappa shape index (κ1) is 13.5. The Labute approximate surface area is 85.3 Å². The predicted octanol–water partition coefficient (Wildman–Crippen LogP) is 0.393. The van der Waals surface area contributed by atoms with Crippen molar-refractivity contribution in [2.45, 2.75) is 20.8 Å². The molecule has 0 aromatic heterocycles. The zero-order chi connectivity index (χ0) is 7.33.